The van der Waals surface area contributed by atoms with Gasteiger partial charge in [0.05, 0.1) is 11.1 Å². The van der Waals surface area contributed by atoms with Gasteiger partial charge >= 0.3 is 12.4 Å². The molecule has 11 heteroatoms. The molecular weight excluding hydrogens is 404 g/mol. The standard InChI is InChI=1S/C18H11F6N3O2/c19-17(20,21)11-5-12(18(22,23)24)7-14(6-11)26-9-10(8-25)16(29)27-13-1-3-15(28)4-2-13/h1-7,9,26,28H,(H,27,29)/b10-9-. The molecule has 0 unspecified atom stereocenters. The molecule has 5 nitrogen and oxygen atoms in total. The van der Waals surface area contributed by atoms with Crippen LogP contribution in [-0.2, 0) is 17.1 Å². The molecule has 2 rings (SSSR count). The van der Waals surface area contributed by atoms with E-state index < -0.39 is 40.6 Å². The van der Waals surface area contributed by atoms with Gasteiger partial charge in [0.25, 0.3) is 5.91 Å². The van der Waals surface area contributed by atoms with E-state index in [0.29, 0.717) is 18.3 Å². The van der Waals surface area contributed by atoms with Gasteiger partial charge in [-0.2, -0.15) is 31.6 Å². The minimum absolute atomic E-state index is 0.0440. The number of nitrogens with zero attached hydrogens (tertiary/aromatic N) is 1. The Balaban J connectivity index is 2.28. The molecule has 0 aliphatic heterocycles. The number of nitrogens with one attached hydrogen (secondary N) is 2. The molecule has 0 aliphatic rings. The fourth-order valence-corrected chi connectivity index (χ4v) is 2.09. The van der Waals surface area contributed by atoms with Gasteiger partial charge in [-0.05, 0) is 42.5 Å². The summed E-state index contributed by atoms with van der Waals surface area (Å²) in [7, 11) is 0. The van der Waals surface area contributed by atoms with E-state index >= 15 is 0 Å². The maximum absolute atomic E-state index is 12.9. The Morgan fingerprint density at radius 3 is 1.90 bits per heavy atom. The van der Waals surface area contributed by atoms with Crippen molar-refractivity contribution in [1.82, 2.24) is 0 Å². The quantitative estimate of drug-likeness (QED) is 0.287. The van der Waals surface area contributed by atoms with E-state index in [1.807, 2.05) is 0 Å². The highest BCUT2D eigenvalue weighted by Gasteiger charge is 2.36. The molecule has 1 amide bonds. The lowest BCUT2D eigenvalue weighted by Gasteiger charge is -2.14. The first kappa shape index (κ1) is 21.6. The van der Waals surface area contributed by atoms with Gasteiger partial charge in [-0.25, -0.2) is 0 Å². The zero-order chi connectivity index (χ0) is 21.8. The molecule has 0 radical (unpaired) electrons. The first-order chi connectivity index (χ1) is 13.4. The van der Waals surface area contributed by atoms with Crippen molar-refractivity contribution in [2.24, 2.45) is 0 Å². The Labute approximate surface area is 159 Å². The summed E-state index contributed by atoms with van der Waals surface area (Å²) in [5.74, 6) is -1.04. The number of nitriles is 1. The predicted octanol–water partition coefficient (Wildman–Crippen LogP) is 4.89. The minimum atomic E-state index is -5.03. The summed E-state index contributed by atoms with van der Waals surface area (Å²) in [6, 6.07) is 7.42. The van der Waals surface area contributed by atoms with Crippen molar-refractivity contribution in [3.05, 3.63) is 65.4 Å². The second-order valence-corrected chi connectivity index (χ2v) is 5.61. The van der Waals surface area contributed by atoms with E-state index in [0.717, 1.165) is 0 Å². The van der Waals surface area contributed by atoms with Gasteiger partial charge in [0.2, 0.25) is 0 Å². The molecule has 0 heterocycles. The van der Waals surface area contributed by atoms with Crippen molar-refractivity contribution in [1.29, 1.82) is 5.26 Å². The largest absolute Gasteiger partial charge is 0.508 e. The normalized spacial score (nSPS) is 12.2. The van der Waals surface area contributed by atoms with Gasteiger partial charge in [-0.15, -0.1) is 0 Å². The highest BCUT2D eigenvalue weighted by atomic mass is 19.4. The number of benzene rings is 2. The average molecular weight is 415 g/mol. The van der Waals surface area contributed by atoms with Crippen molar-refractivity contribution < 1.29 is 36.2 Å². The number of amides is 1. The molecule has 0 spiro atoms. The fourth-order valence-electron chi connectivity index (χ4n) is 2.09. The average Bonchev–Trinajstić information content (AvgIpc) is 2.62. The minimum Gasteiger partial charge on any atom is -0.508 e. The van der Waals surface area contributed by atoms with Gasteiger partial charge in [-0.3, -0.25) is 4.79 Å². The first-order valence-corrected chi connectivity index (χ1v) is 7.67. The first-order valence-electron chi connectivity index (χ1n) is 7.67. The van der Waals surface area contributed by atoms with Gasteiger partial charge < -0.3 is 15.7 Å². The number of hydrogen-bond donors (Lipinski definition) is 3. The van der Waals surface area contributed by atoms with Gasteiger partial charge in [-0.1, -0.05) is 0 Å². The zero-order valence-electron chi connectivity index (χ0n) is 14.2. The second kappa shape index (κ2) is 8.14. The lowest BCUT2D eigenvalue weighted by molar-refractivity contribution is -0.143. The molecule has 2 aromatic carbocycles. The molecular formula is C18H11F6N3O2. The van der Waals surface area contributed by atoms with E-state index in [1.165, 1.54) is 30.3 Å². The molecule has 0 saturated carbocycles. The molecule has 0 fully saturated rings. The van der Waals surface area contributed by atoms with E-state index in [1.54, 1.807) is 0 Å². The monoisotopic (exact) mass is 415 g/mol. The Morgan fingerprint density at radius 1 is 0.931 bits per heavy atom. The number of hydrogen-bond acceptors (Lipinski definition) is 4. The summed E-state index contributed by atoms with van der Waals surface area (Å²) in [6.45, 7) is 0. The number of phenols is 1. The number of anilines is 2. The SMILES string of the molecule is N#C/C(=C/Nc1cc(C(F)(F)F)cc(C(F)(F)F)c1)C(=O)Nc1ccc(O)cc1. The van der Waals surface area contributed by atoms with E-state index in [2.05, 4.69) is 10.6 Å². The Morgan fingerprint density at radius 2 is 1.45 bits per heavy atom. The second-order valence-electron chi connectivity index (χ2n) is 5.61. The summed E-state index contributed by atoms with van der Waals surface area (Å²) in [5, 5.41) is 22.6. The highest BCUT2D eigenvalue weighted by molar-refractivity contribution is 6.06. The Hall–Kier alpha value is -3.68. The number of carbonyl (C=O) groups excluding carboxylic acids is 1. The highest BCUT2D eigenvalue weighted by Crippen LogP contribution is 2.37. The molecule has 0 aliphatic carbocycles. The molecule has 2 aromatic rings. The van der Waals surface area contributed by atoms with Gasteiger partial charge in [0, 0.05) is 17.6 Å². The van der Waals surface area contributed by atoms with Crippen molar-refractivity contribution >= 4 is 17.3 Å². The molecule has 0 aromatic heterocycles. The van der Waals surface area contributed by atoms with Crippen LogP contribution >= 0.6 is 0 Å². The smallest absolute Gasteiger partial charge is 0.416 e. The van der Waals surface area contributed by atoms with E-state index in [4.69, 9.17) is 10.4 Å². The van der Waals surface area contributed by atoms with Crippen molar-refractivity contribution in [2.45, 2.75) is 12.4 Å². The van der Waals surface area contributed by atoms with Crippen LogP contribution in [0.3, 0.4) is 0 Å². The molecule has 29 heavy (non-hydrogen) atoms. The van der Waals surface area contributed by atoms with Crippen LogP contribution in [0.25, 0.3) is 0 Å². The number of alkyl halides is 6. The third kappa shape index (κ3) is 5.90. The topological polar surface area (TPSA) is 85.2 Å². The van der Waals surface area contributed by atoms with Crippen LogP contribution in [-0.4, -0.2) is 11.0 Å². The number of aromatic hydroxyl groups is 1. The summed E-state index contributed by atoms with van der Waals surface area (Å²) in [6.07, 6.45) is -9.38. The maximum atomic E-state index is 12.9. The van der Waals surface area contributed by atoms with Crippen LogP contribution in [0.15, 0.2) is 54.2 Å². The number of phenolic OH excluding ortho intramolecular Hbond substituents is 1. The van der Waals surface area contributed by atoms with Crippen LogP contribution in [0.5, 0.6) is 5.75 Å². The summed E-state index contributed by atoms with van der Waals surface area (Å²) in [5.41, 5.74) is -4.11. The molecule has 3 N–H and O–H groups in total. The van der Waals surface area contributed by atoms with Crippen LogP contribution in [0.1, 0.15) is 11.1 Å². The molecule has 0 atom stereocenters. The summed E-state index contributed by atoms with van der Waals surface area (Å²) < 4.78 is 77.1. The van der Waals surface area contributed by atoms with Crippen molar-refractivity contribution in [2.75, 3.05) is 10.6 Å². The third-order valence-electron chi connectivity index (χ3n) is 3.46. The number of carbonyl (C=O) groups is 1. The Bertz CT molecular complexity index is 941. The van der Waals surface area contributed by atoms with Crippen LogP contribution < -0.4 is 10.6 Å². The van der Waals surface area contributed by atoms with E-state index in [-0.39, 0.29) is 17.5 Å². The third-order valence-corrected chi connectivity index (χ3v) is 3.46. The predicted molar refractivity (Wildman–Crippen MR) is 90.5 cm³/mol. The number of rotatable bonds is 4. The Kier molecular flexibility index (Phi) is 6.06. The van der Waals surface area contributed by atoms with Gasteiger partial charge in [0.15, 0.2) is 0 Å². The maximum Gasteiger partial charge on any atom is 0.416 e. The van der Waals surface area contributed by atoms with Crippen LogP contribution in [0.2, 0.25) is 0 Å². The van der Waals surface area contributed by atoms with Crippen LogP contribution in [0, 0.1) is 11.3 Å². The summed E-state index contributed by atoms with van der Waals surface area (Å²) >= 11 is 0. The van der Waals surface area contributed by atoms with Crippen LogP contribution in [0.4, 0.5) is 37.7 Å². The fraction of sp³-hybridized carbons (Fsp3) is 0.111. The van der Waals surface area contributed by atoms with Crippen molar-refractivity contribution in [3.63, 3.8) is 0 Å². The van der Waals surface area contributed by atoms with Crippen molar-refractivity contribution in [3.8, 4) is 11.8 Å². The number of halogens is 6. The zero-order valence-corrected chi connectivity index (χ0v) is 14.2. The van der Waals surface area contributed by atoms with E-state index in [9.17, 15) is 31.1 Å². The molecule has 0 bridgehead atoms. The molecule has 152 valence electrons. The lowest BCUT2D eigenvalue weighted by Crippen LogP contribution is -2.15. The van der Waals surface area contributed by atoms with Gasteiger partial charge in [0.1, 0.15) is 17.4 Å². The summed E-state index contributed by atoms with van der Waals surface area (Å²) in [4.78, 5) is 12.0. The lowest BCUT2D eigenvalue weighted by atomic mass is 10.1. The molecule has 0 saturated heterocycles.